The molecule has 6 heteroatoms. The van der Waals surface area contributed by atoms with E-state index in [1.54, 1.807) is 12.1 Å². The zero-order valence-corrected chi connectivity index (χ0v) is 13.1. The van der Waals surface area contributed by atoms with Crippen LogP contribution in [0.3, 0.4) is 0 Å². The molecule has 0 atom stereocenters. The Bertz CT molecular complexity index is 1060. The van der Waals surface area contributed by atoms with Gasteiger partial charge in [-0.3, -0.25) is 9.59 Å². The van der Waals surface area contributed by atoms with E-state index >= 15 is 0 Å². The number of furan rings is 2. The SMILES string of the molecule is O=C(CNC(=O)c1ccco1)Nc1ccc2oc3ccccc3c2c1. The lowest BCUT2D eigenvalue weighted by atomic mass is 10.1. The minimum Gasteiger partial charge on any atom is -0.459 e. The van der Waals surface area contributed by atoms with Crippen molar-refractivity contribution in [2.45, 2.75) is 0 Å². The second-order valence-electron chi connectivity index (χ2n) is 5.52. The van der Waals surface area contributed by atoms with Gasteiger partial charge in [0.25, 0.3) is 5.91 Å². The number of rotatable bonds is 4. The minimum absolute atomic E-state index is 0.149. The summed E-state index contributed by atoms with van der Waals surface area (Å²) in [5.41, 5.74) is 2.19. The first-order chi connectivity index (χ1) is 12.2. The van der Waals surface area contributed by atoms with Crippen LogP contribution < -0.4 is 10.6 Å². The molecule has 124 valence electrons. The van der Waals surface area contributed by atoms with Crippen molar-refractivity contribution in [3.05, 3.63) is 66.6 Å². The Labute approximate surface area is 142 Å². The molecule has 0 saturated carbocycles. The van der Waals surface area contributed by atoms with Crippen LogP contribution in [0.4, 0.5) is 5.69 Å². The van der Waals surface area contributed by atoms with E-state index in [2.05, 4.69) is 10.6 Å². The fraction of sp³-hybridized carbons (Fsp3) is 0.0526. The number of hydrogen-bond donors (Lipinski definition) is 2. The highest BCUT2D eigenvalue weighted by Crippen LogP contribution is 2.30. The maximum Gasteiger partial charge on any atom is 0.287 e. The summed E-state index contributed by atoms with van der Waals surface area (Å²) in [6.07, 6.45) is 1.40. The Hall–Kier alpha value is -3.54. The van der Waals surface area contributed by atoms with E-state index in [-0.39, 0.29) is 18.2 Å². The molecule has 0 aliphatic carbocycles. The van der Waals surface area contributed by atoms with Gasteiger partial charge >= 0.3 is 0 Å². The molecular formula is C19H14N2O4. The van der Waals surface area contributed by atoms with E-state index in [1.807, 2.05) is 36.4 Å². The van der Waals surface area contributed by atoms with Crippen molar-refractivity contribution in [2.75, 3.05) is 11.9 Å². The van der Waals surface area contributed by atoms with Crippen molar-refractivity contribution in [3.63, 3.8) is 0 Å². The van der Waals surface area contributed by atoms with Crippen LogP contribution in [0.25, 0.3) is 21.9 Å². The molecular weight excluding hydrogens is 320 g/mol. The lowest BCUT2D eigenvalue weighted by Crippen LogP contribution is -2.32. The molecule has 4 rings (SSSR count). The summed E-state index contributed by atoms with van der Waals surface area (Å²) in [4.78, 5) is 23.8. The van der Waals surface area contributed by atoms with Crippen molar-refractivity contribution in [2.24, 2.45) is 0 Å². The summed E-state index contributed by atoms with van der Waals surface area (Å²) in [6, 6.07) is 16.3. The summed E-state index contributed by atoms with van der Waals surface area (Å²) < 4.78 is 10.7. The van der Waals surface area contributed by atoms with Crippen LogP contribution in [0.15, 0.2) is 69.7 Å². The van der Waals surface area contributed by atoms with E-state index in [0.717, 1.165) is 21.9 Å². The Kier molecular flexibility index (Phi) is 3.70. The van der Waals surface area contributed by atoms with Gasteiger partial charge in [0, 0.05) is 16.5 Å². The molecule has 0 aliphatic rings. The fourth-order valence-corrected chi connectivity index (χ4v) is 2.66. The largest absolute Gasteiger partial charge is 0.459 e. The number of para-hydroxylation sites is 1. The highest BCUT2D eigenvalue weighted by Gasteiger charge is 2.11. The lowest BCUT2D eigenvalue weighted by Gasteiger charge is -2.06. The molecule has 2 aromatic heterocycles. The molecule has 2 heterocycles. The second kappa shape index (κ2) is 6.16. The number of benzene rings is 2. The predicted octanol–water partition coefficient (Wildman–Crippen LogP) is 3.55. The van der Waals surface area contributed by atoms with Gasteiger partial charge in [0.1, 0.15) is 11.2 Å². The van der Waals surface area contributed by atoms with Crippen LogP contribution >= 0.6 is 0 Å². The number of anilines is 1. The van der Waals surface area contributed by atoms with Gasteiger partial charge in [-0.15, -0.1) is 0 Å². The van der Waals surface area contributed by atoms with Gasteiger partial charge in [-0.1, -0.05) is 18.2 Å². The van der Waals surface area contributed by atoms with Crippen LogP contribution in [0.1, 0.15) is 10.6 Å². The van der Waals surface area contributed by atoms with Crippen LogP contribution in [0.5, 0.6) is 0 Å². The zero-order valence-electron chi connectivity index (χ0n) is 13.1. The third kappa shape index (κ3) is 2.97. The van der Waals surface area contributed by atoms with Crippen LogP contribution in [0.2, 0.25) is 0 Å². The third-order valence-corrected chi connectivity index (χ3v) is 3.81. The number of carbonyl (C=O) groups is 2. The predicted molar refractivity (Wildman–Crippen MR) is 93.4 cm³/mol. The number of hydrogen-bond acceptors (Lipinski definition) is 4. The number of amides is 2. The summed E-state index contributed by atoms with van der Waals surface area (Å²) in [5, 5.41) is 7.18. The van der Waals surface area contributed by atoms with E-state index in [0.29, 0.717) is 5.69 Å². The van der Waals surface area contributed by atoms with Crippen LogP contribution in [-0.2, 0) is 4.79 Å². The molecule has 0 aliphatic heterocycles. The average Bonchev–Trinajstić information content (AvgIpc) is 3.27. The first-order valence-electron chi connectivity index (χ1n) is 7.73. The maximum absolute atomic E-state index is 12.0. The van der Waals surface area contributed by atoms with Crippen LogP contribution in [0, 0.1) is 0 Å². The summed E-state index contributed by atoms with van der Waals surface area (Å²) in [5.74, 6) is -0.595. The Morgan fingerprint density at radius 3 is 2.60 bits per heavy atom. The van der Waals surface area contributed by atoms with Crippen molar-refractivity contribution < 1.29 is 18.4 Å². The van der Waals surface area contributed by atoms with Gasteiger partial charge in [-0.2, -0.15) is 0 Å². The van der Waals surface area contributed by atoms with E-state index in [1.165, 1.54) is 12.3 Å². The first-order valence-corrected chi connectivity index (χ1v) is 7.73. The molecule has 0 fully saturated rings. The number of fused-ring (bicyclic) bond motifs is 3. The fourth-order valence-electron chi connectivity index (χ4n) is 2.66. The summed E-state index contributed by atoms with van der Waals surface area (Å²) in [6.45, 7) is -0.149. The summed E-state index contributed by atoms with van der Waals surface area (Å²) >= 11 is 0. The monoisotopic (exact) mass is 334 g/mol. The highest BCUT2D eigenvalue weighted by molar-refractivity contribution is 6.07. The minimum atomic E-state index is -0.434. The molecule has 2 amide bonds. The van der Waals surface area contributed by atoms with Gasteiger partial charge in [0.05, 0.1) is 12.8 Å². The maximum atomic E-state index is 12.0. The van der Waals surface area contributed by atoms with Gasteiger partial charge < -0.3 is 19.5 Å². The Balaban J connectivity index is 1.47. The Morgan fingerprint density at radius 2 is 1.76 bits per heavy atom. The van der Waals surface area contributed by atoms with Gasteiger partial charge in [0.15, 0.2) is 5.76 Å². The third-order valence-electron chi connectivity index (χ3n) is 3.81. The highest BCUT2D eigenvalue weighted by atomic mass is 16.3. The molecule has 2 aromatic carbocycles. The number of carbonyl (C=O) groups excluding carboxylic acids is 2. The quantitative estimate of drug-likeness (QED) is 0.598. The topological polar surface area (TPSA) is 84.5 Å². The molecule has 0 radical (unpaired) electrons. The van der Waals surface area contributed by atoms with Crippen molar-refractivity contribution in [1.29, 1.82) is 0 Å². The molecule has 0 saturated heterocycles. The molecule has 0 spiro atoms. The smallest absolute Gasteiger partial charge is 0.287 e. The lowest BCUT2D eigenvalue weighted by molar-refractivity contribution is -0.115. The second-order valence-corrected chi connectivity index (χ2v) is 5.52. The normalized spacial score (nSPS) is 10.9. The first kappa shape index (κ1) is 15.0. The average molecular weight is 334 g/mol. The molecule has 4 aromatic rings. The Morgan fingerprint density at radius 1 is 0.920 bits per heavy atom. The van der Waals surface area contributed by atoms with Gasteiger partial charge in [0.2, 0.25) is 5.91 Å². The van der Waals surface area contributed by atoms with E-state index < -0.39 is 5.91 Å². The molecule has 25 heavy (non-hydrogen) atoms. The standard InChI is InChI=1S/C19H14N2O4/c22-18(11-20-19(23)17-6-3-9-24-17)21-12-7-8-16-14(10-12)13-4-1-2-5-15(13)25-16/h1-10H,11H2,(H,20,23)(H,21,22). The van der Waals surface area contributed by atoms with Crippen molar-refractivity contribution >= 4 is 39.4 Å². The molecule has 6 nitrogen and oxygen atoms in total. The number of nitrogens with one attached hydrogen (secondary N) is 2. The molecule has 0 bridgehead atoms. The summed E-state index contributed by atoms with van der Waals surface area (Å²) in [7, 11) is 0. The van der Waals surface area contributed by atoms with Gasteiger partial charge in [-0.25, -0.2) is 0 Å². The zero-order chi connectivity index (χ0) is 17.2. The van der Waals surface area contributed by atoms with Gasteiger partial charge in [-0.05, 0) is 36.4 Å². The van der Waals surface area contributed by atoms with Crippen molar-refractivity contribution in [3.8, 4) is 0 Å². The van der Waals surface area contributed by atoms with E-state index in [4.69, 9.17) is 8.83 Å². The molecule has 0 unspecified atom stereocenters. The van der Waals surface area contributed by atoms with Crippen molar-refractivity contribution in [1.82, 2.24) is 5.32 Å². The van der Waals surface area contributed by atoms with Crippen LogP contribution in [-0.4, -0.2) is 18.4 Å². The molecule has 2 N–H and O–H groups in total. The van der Waals surface area contributed by atoms with E-state index in [9.17, 15) is 9.59 Å².